The average Bonchev–Trinajstić information content (AvgIpc) is 3.19. The van der Waals surface area contributed by atoms with Crippen molar-refractivity contribution in [1.82, 2.24) is 28.9 Å². The number of hydrogen-bond donors (Lipinski definition) is 1. The Kier molecular flexibility index (Phi) is 4.01. The van der Waals surface area contributed by atoms with Crippen LogP contribution in [0.5, 0.6) is 0 Å². The molecule has 10 heteroatoms. The van der Waals surface area contributed by atoms with Gasteiger partial charge in [0.2, 0.25) is 0 Å². The normalized spacial score (nSPS) is 19.8. The number of hydrogen-bond acceptors (Lipinski definition) is 6. The number of carboxylic acid groups (broad SMARTS) is 1. The fourth-order valence-corrected chi connectivity index (χ4v) is 6.08. The maximum atomic E-state index is 12.9. The van der Waals surface area contributed by atoms with Gasteiger partial charge in [-0.2, -0.15) is 5.10 Å². The number of imidazole rings is 1. The van der Waals surface area contributed by atoms with Crippen LogP contribution in [0.3, 0.4) is 0 Å². The summed E-state index contributed by atoms with van der Waals surface area (Å²) in [5.41, 5.74) is 3.46. The van der Waals surface area contributed by atoms with Crippen LogP contribution in [0.15, 0.2) is 29.3 Å². The van der Waals surface area contributed by atoms with Gasteiger partial charge in [-0.3, -0.25) is 9.20 Å². The van der Waals surface area contributed by atoms with Crippen LogP contribution in [0.4, 0.5) is 4.79 Å². The van der Waals surface area contributed by atoms with Gasteiger partial charge in [0, 0.05) is 29.2 Å². The van der Waals surface area contributed by atoms with Gasteiger partial charge < -0.3 is 10.0 Å². The maximum Gasteiger partial charge on any atom is 0.407 e. The minimum atomic E-state index is -0.826. The van der Waals surface area contributed by atoms with Crippen LogP contribution in [-0.4, -0.2) is 52.2 Å². The number of amides is 1. The van der Waals surface area contributed by atoms with Crippen molar-refractivity contribution in [2.75, 3.05) is 6.54 Å². The molecule has 1 atom stereocenters. The molecule has 0 radical (unpaired) electrons. The van der Waals surface area contributed by atoms with E-state index >= 15 is 0 Å². The lowest BCUT2D eigenvalue weighted by molar-refractivity contribution is 0.0913. The number of aromatic nitrogens is 5. The number of carbonyl (C=O) groups is 1. The summed E-state index contributed by atoms with van der Waals surface area (Å²) >= 11 is 1.52. The zero-order chi connectivity index (χ0) is 22.2. The Hall–Kier alpha value is -3.27. The average molecular weight is 451 g/mol. The Labute approximate surface area is 187 Å². The topological polar surface area (TPSA) is 105 Å². The standard InChI is InChI=1S/C22H22N6O3S/c1-12-7-16(25-28-10-13(2)23-19(12)28)15-8-18(29)26-11-17(32-20(26)24-15)14-3-6-27(21(30)31)22(9-14)4-5-22/h7-8,10-11,14H,3-6,9H2,1-2H3,(H,30,31)/t14-/m0/s1. The van der Waals surface area contributed by atoms with Crippen molar-refractivity contribution in [1.29, 1.82) is 0 Å². The van der Waals surface area contributed by atoms with Crippen molar-refractivity contribution >= 4 is 28.0 Å². The molecular formula is C22H22N6O3S. The highest BCUT2D eigenvalue weighted by Crippen LogP contribution is 2.53. The van der Waals surface area contributed by atoms with E-state index in [1.807, 2.05) is 32.3 Å². The monoisotopic (exact) mass is 450 g/mol. The summed E-state index contributed by atoms with van der Waals surface area (Å²) in [5.74, 6) is 0.244. The quantitative estimate of drug-likeness (QED) is 0.501. The van der Waals surface area contributed by atoms with Crippen LogP contribution in [0, 0.1) is 13.8 Å². The molecule has 1 N–H and O–H groups in total. The molecule has 0 unspecified atom stereocenters. The number of aryl methyl sites for hydroxylation is 2. The minimum Gasteiger partial charge on any atom is -0.465 e. The first-order valence-electron chi connectivity index (χ1n) is 10.7. The van der Waals surface area contributed by atoms with Crippen molar-refractivity contribution in [3.8, 4) is 11.4 Å². The molecule has 2 aliphatic rings. The molecular weight excluding hydrogens is 428 g/mol. The third-order valence-corrected chi connectivity index (χ3v) is 7.88. The van der Waals surface area contributed by atoms with Crippen LogP contribution >= 0.6 is 11.3 Å². The van der Waals surface area contributed by atoms with Crippen molar-refractivity contribution in [3.63, 3.8) is 0 Å². The molecule has 1 amide bonds. The smallest absolute Gasteiger partial charge is 0.407 e. The van der Waals surface area contributed by atoms with E-state index in [1.54, 1.807) is 13.8 Å². The highest BCUT2D eigenvalue weighted by molar-refractivity contribution is 7.17. The molecule has 5 heterocycles. The number of piperidine rings is 1. The Morgan fingerprint density at radius 3 is 2.75 bits per heavy atom. The molecule has 164 valence electrons. The zero-order valence-electron chi connectivity index (χ0n) is 17.8. The summed E-state index contributed by atoms with van der Waals surface area (Å²) in [4.78, 5) is 37.0. The van der Waals surface area contributed by atoms with E-state index in [2.05, 4.69) is 10.1 Å². The first-order chi connectivity index (χ1) is 15.3. The lowest BCUT2D eigenvalue weighted by Crippen LogP contribution is -2.46. The largest absolute Gasteiger partial charge is 0.465 e. The fourth-order valence-electron chi connectivity index (χ4n) is 4.96. The highest BCUT2D eigenvalue weighted by atomic mass is 32.1. The number of thiazole rings is 1. The van der Waals surface area contributed by atoms with E-state index in [4.69, 9.17) is 4.98 Å². The van der Waals surface area contributed by atoms with E-state index in [0.717, 1.165) is 47.5 Å². The van der Waals surface area contributed by atoms with Crippen molar-refractivity contribution in [2.45, 2.75) is 51.0 Å². The van der Waals surface area contributed by atoms with Gasteiger partial charge in [0.15, 0.2) is 10.6 Å². The zero-order valence-corrected chi connectivity index (χ0v) is 18.6. The van der Waals surface area contributed by atoms with E-state index in [1.165, 1.54) is 17.4 Å². The molecule has 4 aromatic heterocycles. The molecule has 1 aliphatic carbocycles. The van der Waals surface area contributed by atoms with Gasteiger partial charge in [0.1, 0.15) is 5.69 Å². The summed E-state index contributed by atoms with van der Waals surface area (Å²) < 4.78 is 3.33. The molecule has 1 saturated heterocycles. The summed E-state index contributed by atoms with van der Waals surface area (Å²) in [5, 5.41) is 14.1. The molecule has 1 saturated carbocycles. The van der Waals surface area contributed by atoms with Crippen molar-refractivity contribution in [3.05, 3.63) is 51.0 Å². The number of fused-ring (bicyclic) bond motifs is 2. The van der Waals surface area contributed by atoms with E-state index in [0.29, 0.717) is 22.9 Å². The highest BCUT2D eigenvalue weighted by Gasteiger charge is 2.53. The Morgan fingerprint density at radius 2 is 2.00 bits per heavy atom. The molecule has 6 rings (SSSR count). The number of rotatable bonds is 2. The lowest BCUT2D eigenvalue weighted by atomic mass is 9.88. The number of nitrogens with zero attached hydrogens (tertiary/aromatic N) is 6. The fraction of sp³-hybridized carbons (Fsp3) is 0.409. The summed E-state index contributed by atoms with van der Waals surface area (Å²) in [6.45, 7) is 4.43. The van der Waals surface area contributed by atoms with E-state index < -0.39 is 6.09 Å². The van der Waals surface area contributed by atoms with Crippen LogP contribution < -0.4 is 5.56 Å². The van der Waals surface area contributed by atoms with Gasteiger partial charge in [-0.15, -0.1) is 11.3 Å². The Morgan fingerprint density at radius 1 is 1.19 bits per heavy atom. The van der Waals surface area contributed by atoms with Crippen LogP contribution in [0.25, 0.3) is 22.0 Å². The van der Waals surface area contributed by atoms with Gasteiger partial charge in [0.25, 0.3) is 5.56 Å². The number of likely N-dealkylation sites (tertiary alicyclic amines) is 1. The van der Waals surface area contributed by atoms with Crippen molar-refractivity contribution < 1.29 is 9.90 Å². The molecule has 0 aromatic carbocycles. The SMILES string of the molecule is Cc1cn2nc(-c3cc(=O)n4cc([C@H]5CCN(C(=O)O)C6(CC6)C5)sc4n3)cc(C)c2n1. The second kappa shape index (κ2) is 6.61. The van der Waals surface area contributed by atoms with Crippen LogP contribution in [-0.2, 0) is 0 Å². The van der Waals surface area contributed by atoms with Crippen molar-refractivity contribution in [2.24, 2.45) is 0 Å². The third-order valence-electron chi connectivity index (χ3n) is 6.74. The predicted octanol–water partition coefficient (Wildman–Crippen LogP) is 3.47. The summed E-state index contributed by atoms with van der Waals surface area (Å²) in [6.07, 6.45) is 6.34. The van der Waals surface area contributed by atoms with E-state index in [-0.39, 0.29) is 17.0 Å². The molecule has 0 bridgehead atoms. The third kappa shape index (κ3) is 2.93. The molecule has 4 aromatic rings. The van der Waals surface area contributed by atoms with Gasteiger partial charge in [-0.1, -0.05) is 0 Å². The molecule has 1 aliphatic heterocycles. The minimum absolute atomic E-state index is 0.141. The molecule has 9 nitrogen and oxygen atoms in total. The Bertz CT molecular complexity index is 1460. The van der Waals surface area contributed by atoms with Crippen LogP contribution in [0.2, 0.25) is 0 Å². The summed E-state index contributed by atoms with van der Waals surface area (Å²) in [6, 6.07) is 3.43. The first kappa shape index (κ1) is 19.4. The van der Waals surface area contributed by atoms with Gasteiger partial charge in [0.05, 0.1) is 17.6 Å². The summed E-state index contributed by atoms with van der Waals surface area (Å²) in [7, 11) is 0. The predicted molar refractivity (Wildman–Crippen MR) is 119 cm³/mol. The molecule has 2 fully saturated rings. The lowest BCUT2D eigenvalue weighted by Gasteiger charge is -2.38. The van der Waals surface area contributed by atoms with E-state index in [9.17, 15) is 14.7 Å². The Balaban J connectivity index is 1.38. The molecule has 32 heavy (non-hydrogen) atoms. The first-order valence-corrected chi connectivity index (χ1v) is 11.5. The maximum absolute atomic E-state index is 12.9. The second-order valence-electron chi connectivity index (χ2n) is 8.98. The molecule has 1 spiro atoms. The van der Waals surface area contributed by atoms with Gasteiger partial charge >= 0.3 is 6.09 Å². The van der Waals surface area contributed by atoms with Gasteiger partial charge in [-0.25, -0.2) is 19.3 Å². The van der Waals surface area contributed by atoms with Crippen LogP contribution in [0.1, 0.15) is 47.7 Å². The second-order valence-corrected chi connectivity index (χ2v) is 10.0. The van der Waals surface area contributed by atoms with Gasteiger partial charge in [-0.05, 0) is 57.1 Å².